The first kappa shape index (κ1) is 27.8. The zero-order valence-corrected chi connectivity index (χ0v) is 27.3. The summed E-state index contributed by atoms with van der Waals surface area (Å²) in [6.45, 7) is 0. The fourth-order valence-electron chi connectivity index (χ4n) is 7.70. The van der Waals surface area contributed by atoms with Gasteiger partial charge in [-0.1, -0.05) is 115 Å². The molecule has 0 radical (unpaired) electrons. The van der Waals surface area contributed by atoms with Crippen LogP contribution in [-0.2, 0) is 0 Å². The van der Waals surface area contributed by atoms with Crippen LogP contribution in [0.25, 0.3) is 96.6 Å². The summed E-state index contributed by atoms with van der Waals surface area (Å²) in [4.78, 5) is 0. The Balaban J connectivity index is 1.29. The Morgan fingerprint density at radius 1 is 0.347 bits per heavy atom. The zero-order valence-electron chi connectivity index (χ0n) is 26.4. The fourth-order valence-corrected chi connectivity index (χ4v) is 8.76. The van der Waals surface area contributed by atoms with Gasteiger partial charge in [-0.2, -0.15) is 5.26 Å². The summed E-state index contributed by atoms with van der Waals surface area (Å²) in [5.41, 5.74) is 7.98. The van der Waals surface area contributed by atoms with Crippen molar-refractivity contribution in [1.29, 1.82) is 5.26 Å². The maximum Gasteiger partial charge on any atom is 0.0991 e. The molecule has 0 amide bonds. The minimum Gasteiger partial charge on any atom is -0.192 e. The number of hydrogen-bond acceptors (Lipinski definition) is 2. The van der Waals surface area contributed by atoms with E-state index in [1.807, 2.05) is 12.1 Å². The third kappa shape index (κ3) is 4.45. The molecule has 10 aromatic rings. The minimum absolute atomic E-state index is 0.691. The first-order valence-electron chi connectivity index (χ1n) is 16.6. The Kier molecular flexibility index (Phi) is 6.18. The Morgan fingerprint density at radius 3 is 1.45 bits per heavy atom. The highest BCUT2D eigenvalue weighted by Gasteiger charge is 2.18. The van der Waals surface area contributed by atoms with Gasteiger partial charge in [0, 0.05) is 20.2 Å². The van der Waals surface area contributed by atoms with Gasteiger partial charge in [-0.25, -0.2) is 0 Å². The van der Waals surface area contributed by atoms with Gasteiger partial charge < -0.3 is 0 Å². The summed E-state index contributed by atoms with van der Waals surface area (Å²) in [5.74, 6) is 0. The van der Waals surface area contributed by atoms with Crippen molar-refractivity contribution >= 4 is 74.6 Å². The zero-order chi connectivity index (χ0) is 32.5. The van der Waals surface area contributed by atoms with Crippen LogP contribution in [0.15, 0.2) is 164 Å². The second kappa shape index (κ2) is 10.9. The van der Waals surface area contributed by atoms with Gasteiger partial charge in [0.2, 0.25) is 0 Å². The van der Waals surface area contributed by atoms with Crippen LogP contribution in [-0.4, -0.2) is 0 Å². The summed E-state index contributed by atoms with van der Waals surface area (Å²) in [6, 6.07) is 61.9. The number of thiophene rings is 1. The van der Waals surface area contributed by atoms with E-state index in [0.717, 1.165) is 5.39 Å². The standard InChI is InChI=1S/C47H27NS/c48-28-29-13-21-44-41(23-29)42-26-35(19-22-45(42)49-44)34-18-20-40-43(27-34)47(37-17-15-31-8-2-4-10-33(31)25-37)39-12-6-5-11-38(39)46(40)36-16-14-30-7-1-3-9-32(30)24-36/h1-27H. The van der Waals surface area contributed by atoms with Gasteiger partial charge in [0.25, 0.3) is 0 Å². The van der Waals surface area contributed by atoms with Crippen molar-refractivity contribution in [1.82, 2.24) is 0 Å². The van der Waals surface area contributed by atoms with E-state index in [9.17, 15) is 5.26 Å². The molecule has 0 spiro atoms. The number of hydrogen-bond donors (Lipinski definition) is 0. The Hall–Kier alpha value is -6.27. The predicted molar refractivity (Wildman–Crippen MR) is 210 cm³/mol. The van der Waals surface area contributed by atoms with Crippen LogP contribution in [0.2, 0.25) is 0 Å². The fraction of sp³-hybridized carbons (Fsp3) is 0. The van der Waals surface area contributed by atoms with Crippen molar-refractivity contribution in [2.45, 2.75) is 0 Å². The van der Waals surface area contributed by atoms with Gasteiger partial charge in [0.1, 0.15) is 0 Å². The minimum atomic E-state index is 0.691. The molecule has 0 aliphatic heterocycles. The highest BCUT2D eigenvalue weighted by Crippen LogP contribution is 2.46. The second-order valence-electron chi connectivity index (χ2n) is 12.8. The SMILES string of the molecule is N#Cc1ccc2sc3ccc(-c4ccc5c(-c6ccc7ccccc7c6)c6ccccc6c(-c6ccc7ccccc7c6)c5c4)cc3c2c1. The normalized spacial score (nSPS) is 11.7. The number of fused-ring (bicyclic) bond motifs is 7. The van der Waals surface area contributed by atoms with Crippen molar-refractivity contribution in [2.75, 3.05) is 0 Å². The highest BCUT2D eigenvalue weighted by atomic mass is 32.1. The highest BCUT2D eigenvalue weighted by molar-refractivity contribution is 7.25. The third-order valence-electron chi connectivity index (χ3n) is 10.0. The molecule has 1 aromatic heterocycles. The second-order valence-corrected chi connectivity index (χ2v) is 13.9. The summed E-state index contributed by atoms with van der Waals surface area (Å²) in [7, 11) is 0. The van der Waals surface area contributed by atoms with Gasteiger partial charge in [0.15, 0.2) is 0 Å². The molecule has 0 saturated carbocycles. The molecule has 0 bridgehead atoms. The lowest BCUT2D eigenvalue weighted by molar-refractivity contribution is 1.50. The van der Waals surface area contributed by atoms with Gasteiger partial charge in [0.05, 0.1) is 11.6 Å². The van der Waals surface area contributed by atoms with E-state index in [0.29, 0.717) is 5.56 Å². The van der Waals surface area contributed by atoms with Gasteiger partial charge in [-0.3, -0.25) is 0 Å². The van der Waals surface area contributed by atoms with E-state index >= 15 is 0 Å². The largest absolute Gasteiger partial charge is 0.192 e. The Labute approximate surface area is 287 Å². The molecule has 2 heteroatoms. The van der Waals surface area contributed by atoms with E-state index in [1.54, 1.807) is 11.3 Å². The van der Waals surface area contributed by atoms with E-state index in [-0.39, 0.29) is 0 Å². The average molecular weight is 638 g/mol. The predicted octanol–water partition coefficient (Wildman–Crippen LogP) is 13.5. The first-order valence-corrected chi connectivity index (χ1v) is 17.4. The molecule has 10 rings (SSSR count). The van der Waals surface area contributed by atoms with Crippen molar-refractivity contribution in [3.05, 3.63) is 169 Å². The van der Waals surface area contributed by atoms with E-state index < -0.39 is 0 Å². The molecule has 0 fully saturated rings. The molecule has 226 valence electrons. The van der Waals surface area contributed by atoms with Crippen LogP contribution in [0.3, 0.4) is 0 Å². The van der Waals surface area contributed by atoms with Gasteiger partial charge in [-0.15, -0.1) is 11.3 Å². The van der Waals surface area contributed by atoms with Crippen LogP contribution in [0.4, 0.5) is 0 Å². The van der Waals surface area contributed by atoms with Crippen molar-refractivity contribution in [2.24, 2.45) is 0 Å². The summed E-state index contributed by atoms with van der Waals surface area (Å²) in [6.07, 6.45) is 0. The van der Waals surface area contributed by atoms with Crippen molar-refractivity contribution < 1.29 is 0 Å². The summed E-state index contributed by atoms with van der Waals surface area (Å²) >= 11 is 1.78. The molecule has 0 unspecified atom stereocenters. The molecule has 0 N–H and O–H groups in total. The molecular formula is C47H27NS. The lowest BCUT2D eigenvalue weighted by atomic mass is 9.84. The maximum atomic E-state index is 9.60. The third-order valence-corrected chi connectivity index (χ3v) is 11.2. The topological polar surface area (TPSA) is 23.8 Å². The maximum absolute atomic E-state index is 9.60. The summed E-state index contributed by atoms with van der Waals surface area (Å²) < 4.78 is 2.44. The molecular weight excluding hydrogens is 611 g/mol. The lowest BCUT2D eigenvalue weighted by Gasteiger charge is -2.19. The molecule has 9 aromatic carbocycles. The monoisotopic (exact) mass is 637 g/mol. The number of nitriles is 1. The van der Waals surface area contributed by atoms with Crippen molar-refractivity contribution in [3.63, 3.8) is 0 Å². The van der Waals surface area contributed by atoms with Gasteiger partial charge >= 0.3 is 0 Å². The van der Waals surface area contributed by atoms with Crippen LogP contribution in [0, 0.1) is 11.3 Å². The number of nitrogens with zero attached hydrogens (tertiary/aromatic N) is 1. The van der Waals surface area contributed by atoms with E-state index in [2.05, 4.69) is 158 Å². The quantitative estimate of drug-likeness (QED) is 0.177. The summed E-state index contributed by atoms with van der Waals surface area (Å²) in [5, 5.41) is 21.9. The van der Waals surface area contributed by atoms with Crippen LogP contribution in [0.5, 0.6) is 0 Å². The molecule has 49 heavy (non-hydrogen) atoms. The Morgan fingerprint density at radius 2 is 0.816 bits per heavy atom. The smallest absolute Gasteiger partial charge is 0.0991 e. The van der Waals surface area contributed by atoms with Crippen molar-refractivity contribution in [3.8, 4) is 39.4 Å². The van der Waals surface area contributed by atoms with Crippen LogP contribution >= 0.6 is 11.3 Å². The molecule has 0 saturated heterocycles. The number of benzene rings is 9. The first-order chi connectivity index (χ1) is 24.2. The molecule has 1 heterocycles. The average Bonchev–Trinajstić information content (AvgIpc) is 3.53. The molecule has 0 aliphatic carbocycles. The lowest BCUT2D eigenvalue weighted by Crippen LogP contribution is -1.92. The van der Waals surface area contributed by atoms with E-state index in [1.165, 1.54) is 91.3 Å². The van der Waals surface area contributed by atoms with Crippen LogP contribution in [0.1, 0.15) is 5.56 Å². The van der Waals surface area contributed by atoms with Gasteiger partial charge in [-0.05, 0) is 125 Å². The Bertz CT molecular complexity index is 3010. The molecule has 1 nitrogen and oxygen atoms in total. The molecule has 0 atom stereocenters. The van der Waals surface area contributed by atoms with E-state index in [4.69, 9.17) is 0 Å². The van der Waals surface area contributed by atoms with Crippen LogP contribution < -0.4 is 0 Å². The number of rotatable bonds is 3. The molecule has 0 aliphatic rings.